The molecule has 2 aromatic carbocycles. The number of nitrogen functional groups attached to an aromatic ring is 1. The zero-order chi connectivity index (χ0) is 16.1. The van der Waals surface area contributed by atoms with Gasteiger partial charge in [-0.1, -0.05) is 49.7 Å². The molecule has 3 rings (SSSR count). The largest absolute Gasteiger partial charge is 0.493 e. The third kappa shape index (κ3) is 2.40. The number of anilines is 1. The average Bonchev–Trinajstić information content (AvgIpc) is 2.79. The molecule has 1 heterocycles. The number of ether oxygens (including phenoxy) is 1. The van der Waals surface area contributed by atoms with Crippen molar-refractivity contribution in [3.63, 3.8) is 0 Å². The van der Waals surface area contributed by atoms with Gasteiger partial charge in [0.2, 0.25) is 0 Å². The quantitative estimate of drug-likeness (QED) is 0.680. The van der Waals surface area contributed by atoms with Gasteiger partial charge >= 0.3 is 0 Å². The molecule has 0 saturated carbocycles. The summed E-state index contributed by atoms with van der Waals surface area (Å²) in [4.78, 5) is 0. The van der Waals surface area contributed by atoms with Gasteiger partial charge in [0.05, 0.1) is 33.0 Å². The van der Waals surface area contributed by atoms with E-state index in [0.717, 1.165) is 11.1 Å². The van der Waals surface area contributed by atoms with E-state index in [0.29, 0.717) is 27.9 Å². The molecule has 1 aliphatic heterocycles. The summed E-state index contributed by atoms with van der Waals surface area (Å²) >= 11 is 6.28. The Morgan fingerprint density at radius 3 is 2.45 bits per heavy atom. The van der Waals surface area contributed by atoms with Gasteiger partial charge in [0, 0.05) is 11.1 Å². The molecule has 0 spiro atoms. The van der Waals surface area contributed by atoms with Crippen molar-refractivity contribution in [1.29, 1.82) is 0 Å². The lowest BCUT2D eigenvalue weighted by molar-refractivity contribution is 0.344. The molecule has 0 amide bonds. The summed E-state index contributed by atoms with van der Waals surface area (Å²) in [6.45, 7) is 4.50. The lowest BCUT2D eigenvalue weighted by Gasteiger charge is -2.19. The van der Waals surface area contributed by atoms with Crippen molar-refractivity contribution in [2.75, 3.05) is 12.3 Å². The van der Waals surface area contributed by atoms with E-state index in [9.17, 15) is 0 Å². The van der Waals surface area contributed by atoms with E-state index in [2.05, 4.69) is 38.1 Å². The minimum atomic E-state index is -1.12. The van der Waals surface area contributed by atoms with Gasteiger partial charge < -0.3 is 10.5 Å². The fraction of sp³-hybridized carbons (Fsp3) is 0.294. The summed E-state index contributed by atoms with van der Waals surface area (Å²) in [7, 11) is 12.2. The molecule has 0 fully saturated rings. The first kappa shape index (κ1) is 15.4. The summed E-state index contributed by atoms with van der Waals surface area (Å²) in [5, 5.41) is -0.742. The fourth-order valence-corrected chi connectivity index (χ4v) is 3.07. The maximum Gasteiger partial charge on any atom is 0.131 e. The second kappa shape index (κ2) is 5.27. The molecule has 2 N–H and O–H groups in total. The Bertz CT molecular complexity index is 726. The summed E-state index contributed by atoms with van der Waals surface area (Å²) in [6.07, 6.45) is 0. The van der Waals surface area contributed by atoms with E-state index in [1.54, 1.807) is 0 Å². The SMILES string of the molecule is [B]C1([B])COc2c(-c3ccc(C(C)C)cc3)cc(N)c(Cl)c21. The van der Waals surface area contributed by atoms with Crippen LogP contribution in [0.5, 0.6) is 5.75 Å². The minimum Gasteiger partial charge on any atom is -0.493 e. The van der Waals surface area contributed by atoms with Crippen LogP contribution in [0.15, 0.2) is 30.3 Å². The summed E-state index contributed by atoms with van der Waals surface area (Å²) < 4.78 is 5.72. The molecule has 4 radical (unpaired) electrons. The first-order valence-electron chi connectivity index (χ1n) is 7.24. The molecule has 5 heteroatoms. The molecule has 0 atom stereocenters. The van der Waals surface area contributed by atoms with Crippen molar-refractivity contribution in [2.45, 2.75) is 25.0 Å². The second-order valence-corrected chi connectivity index (χ2v) is 6.52. The van der Waals surface area contributed by atoms with Gasteiger partial charge in [0.25, 0.3) is 0 Å². The number of rotatable bonds is 2. The van der Waals surface area contributed by atoms with Gasteiger partial charge in [0.15, 0.2) is 0 Å². The third-order valence-electron chi connectivity index (χ3n) is 4.05. The first-order valence-corrected chi connectivity index (χ1v) is 7.62. The lowest BCUT2D eigenvalue weighted by Crippen LogP contribution is -2.28. The molecule has 108 valence electrons. The van der Waals surface area contributed by atoms with Crippen molar-refractivity contribution in [3.8, 4) is 16.9 Å². The fourth-order valence-electron chi connectivity index (χ4n) is 2.75. The standard InChI is InChI=1S/C17H16B2ClNO/c1-9(2)10-3-5-11(6-4-10)12-7-13(21)15(20)14-16(12)22-8-17(14,18)19/h3-7,9H,8,21H2,1-2H3. The Morgan fingerprint density at radius 2 is 1.86 bits per heavy atom. The van der Waals surface area contributed by atoms with Gasteiger partial charge in [0.1, 0.15) is 5.75 Å². The maximum absolute atomic E-state index is 6.28. The number of benzene rings is 2. The number of fused-ring (bicyclic) bond motifs is 1. The molecule has 0 unspecified atom stereocenters. The Kier molecular flexibility index (Phi) is 3.68. The predicted molar refractivity (Wildman–Crippen MR) is 94.1 cm³/mol. The minimum absolute atomic E-state index is 0.183. The van der Waals surface area contributed by atoms with Crippen LogP contribution in [-0.2, 0) is 5.21 Å². The lowest BCUT2D eigenvalue weighted by atomic mass is 9.52. The highest BCUT2D eigenvalue weighted by Gasteiger charge is 2.36. The van der Waals surface area contributed by atoms with Crippen LogP contribution in [0.2, 0.25) is 5.02 Å². The van der Waals surface area contributed by atoms with Crippen LogP contribution < -0.4 is 10.5 Å². The highest BCUT2D eigenvalue weighted by atomic mass is 35.5. The van der Waals surface area contributed by atoms with Gasteiger partial charge in [-0.15, -0.1) is 0 Å². The van der Waals surface area contributed by atoms with Crippen LogP contribution >= 0.6 is 11.6 Å². The smallest absolute Gasteiger partial charge is 0.131 e. The summed E-state index contributed by atoms with van der Waals surface area (Å²) in [6, 6.07) is 10.1. The molecule has 22 heavy (non-hydrogen) atoms. The van der Waals surface area contributed by atoms with Crippen LogP contribution in [0.4, 0.5) is 5.69 Å². The van der Waals surface area contributed by atoms with E-state index in [1.807, 2.05) is 6.07 Å². The van der Waals surface area contributed by atoms with Crippen LogP contribution in [0.1, 0.15) is 30.9 Å². The van der Waals surface area contributed by atoms with Crippen LogP contribution in [0.3, 0.4) is 0 Å². The maximum atomic E-state index is 6.28. The van der Waals surface area contributed by atoms with Crippen molar-refractivity contribution in [3.05, 3.63) is 46.5 Å². The van der Waals surface area contributed by atoms with Gasteiger partial charge in [-0.3, -0.25) is 0 Å². The zero-order valence-corrected chi connectivity index (χ0v) is 13.4. The van der Waals surface area contributed by atoms with Crippen LogP contribution in [-0.4, -0.2) is 22.3 Å². The molecule has 2 nitrogen and oxygen atoms in total. The second-order valence-electron chi connectivity index (χ2n) is 6.14. The molecular formula is C17H16B2ClNO. The Labute approximate surface area is 138 Å². The van der Waals surface area contributed by atoms with Gasteiger partial charge in [-0.25, -0.2) is 0 Å². The number of hydrogen-bond donors (Lipinski definition) is 1. The van der Waals surface area contributed by atoms with E-state index < -0.39 is 5.21 Å². The first-order chi connectivity index (χ1) is 10.3. The van der Waals surface area contributed by atoms with Crippen LogP contribution in [0, 0.1) is 0 Å². The van der Waals surface area contributed by atoms with E-state index in [1.165, 1.54) is 5.56 Å². The van der Waals surface area contributed by atoms with Gasteiger partial charge in [-0.05, 0) is 28.3 Å². The Morgan fingerprint density at radius 1 is 1.23 bits per heavy atom. The van der Waals surface area contributed by atoms with E-state index >= 15 is 0 Å². The summed E-state index contributed by atoms with van der Waals surface area (Å²) in [5.74, 6) is 1.11. The molecule has 2 aromatic rings. The van der Waals surface area contributed by atoms with Crippen LogP contribution in [0.25, 0.3) is 11.1 Å². The van der Waals surface area contributed by atoms with Crippen molar-refractivity contribution < 1.29 is 4.74 Å². The molecule has 0 saturated heterocycles. The van der Waals surface area contributed by atoms with E-state index in [4.69, 9.17) is 37.8 Å². The third-order valence-corrected chi connectivity index (χ3v) is 4.46. The van der Waals surface area contributed by atoms with Crippen molar-refractivity contribution in [2.24, 2.45) is 0 Å². The Balaban J connectivity index is 2.17. The number of nitrogens with two attached hydrogens (primary N) is 1. The van der Waals surface area contributed by atoms with Gasteiger partial charge in [-0.2, -0.15) is 0 Å². The zero-order valence-electron chi connectivity index (χ0n) is 12.7. The Hall–Kier alpha value is -1.54. The molecule has 0 aliphatic carbocycles. The molecule has 0 bridgehead atoms. The van der Waals surface area contributed by atoms with E-state index in [-0.39, 0.29) is 6.61 Å². The number of hydrogen-bond acceptors (Lipinski definition) is 2. The monoisotopic (exact) mass is 307 g/mol. The molecular weight excluding hydrogens is 291 g/mol. The molecule has 0 aromatic heterocycles. The van der Waals surface area contributed by atoms with Crippen molar-refractivity contribution >= 4 is 33.0 Å². The highest BCUT2D eigenvalue weighted by Crippen LogP contribution is 2.48. The average molecular weight is 307 g/mol. The highest BCUT2D eigenvalue weighted by molar-refractivity contribution is 6.44. The normalized spacial score (nSPS) is 15.6. The van der Waals surface area contributed by atoms with Crippen molar-refractivity contribution in [1.82, 2.24) is 0 Å². The summed E-state index contributed by atoms with van der Waals surface area (Å²) in [5.41, 5.74) is 10.2. The number of halogens is 1. The predicted octanol–water partition coefficient (Wildman–Crippen LogP) is 3.59. The molecule has 1 aliphatic rings. The topological polar surface area (TPSA) is 35.2 Å².